The highest BCUT2D eigenvalue weighted by atomic mass is 35.5. The van der Waals surface area contributed by atoms with E-state index >= 15 is 0 Å². The van der Waals surface area contributed by atoms with Gasteiger partial charge in [-0.05, 0) is 23.7 Å². The van der Waals surface area contributed by atoms with Crippen LogP contribution in [0.4, 0.5) is 0 Å². The van der Waals surface area contributed by atoms with Crippen LogP contribution in [-0.4, -0.2) is 9.97 Å². The molecule has 0 aliphatic rings. The molecule has 0 aliphatic carbocycles. The Morgan fingerprint density at radius 2 is 1.77 bits per heavy atom. The molecule has 66 valence electrons. The van der Waals surface area contributed by atoms with E-state index < -0.39 is 0 Å². The van der Waals surface area contributed by atoms with Gasteiger partial charge in [0, 0.05) is 0 Å². The van der Waals surface area contributed by atoms with Crippen LogP contribution >= 0.6 is 34.8 Å². The van der Waals surface area contributed by atoms with Gasteiger partial charge in [0.15, 0.2) is 0 Å². The summed E-state index contributed by atoms with van der Waals surface area (Å²) in [4.78, 5) is 7.78. The van der Waals surface area contributed by atoms with E-state index in [1.807, 2.05) is 0 Å². The zero-order valence-electron chi connectivity index (χ0n) is 6.26. The molecule has 0 bridgehead atoms. The third-order valence-corrected chi connectivity index (χ3v) is 2.36. The van der Waals surface area contributed by atoms with Crippen LogP contribution in [0.25, 0.3) is 10.9 Å². The van der Waals surface area contributed by atoms with E-state index in [2.05, 4.69) is 9.97 Å². The number of hydrogen-bond donors (Lipinski definition) is 0. The highest BCUT2D eigenvalue weighted by Gasteiger charge is 2.07. The van der Waals surface area contributed by atoms with Gasteiger partial charge in [0.25, 0.3) is 0 Å². The van der Waals surface area contributed by atoms with Gasteiger partial charge in [0.2, 0.25) is 5.28 Å². The average molecular weight is 233 g/mol. The Hall–Kier alpha value is -0.570. The van der Waals surface area contributed by atoms with Gasteiger partial charge in [-0.25, -0.2) is 9.97 Å². The molecule has 2 rings (SSSR count). The lowest BCUT2D eigenvalue weighted by Gasteiger charge is -2.00. The molecule has 1 aromatic heterocycles. The van der Waals surface area contributed by atoms with E-state index in [4.69, 9.17) is 34.8 Å². The van der Waals surface area contributed by atoms with Crippen molar-refractivity contribution in [2.45, 2.75) is 0 Å². The molecule has 0 radical (unpaired) electrons. The Morgan fingerprint density at radius 1 is 1.00 bits per heavy atom. The number of fused-ring (bicyclic) bond motifs is 1. The van der Waals surface area contributed by atoms with Crippen LogP contribution in [0.1, 0.15) is 0 Å². The minimum atomic E-state index is 0.125. The fraction of sp³-hybridized carbons (Fsp3) is 0. The first-order valence-electron chi connectivity index (χ1n) is 3.46. The second-order valence-electron chi connectivity index (χ2n) is 2.42. The number of nitrogens with zero attached hydrogens (tertiary/aromatic N) is 2. The van der Waals surface area contributed by atoms with Crippen molar-refractivity contribution in [3.05, 3.63) is 33.7 Å². The van der Waals surface area contributed by atoms with Gasteiger partial charge in [0.05, 0.1) is 15.9 Å². The summed E-state index contributed by atoms with van der Waals surface area (Å²) in [5, 5.41) is 1.56. The van der Waals surface area contributed by atoms with Crippen molar-refractivity contribution in [2.75, 3.05) is 0 Å². The largest absolute Gasteiger partial charge is 0.224 e. The molecule has 0 saturated carbocycles. The highest BCUT2D eigenvalue weighted by Crippen LogP contribution is 2.28. The van der Waals surface area contributed by atoms with E-state index in [9.17, 15) is 0 Å². The van der Waals surface area contributed by atoms with Crippen LogP contribution < -0.4 is 0 Å². The summed E-state index contributed by atoms with van der Waals surface area (Å²) >= 11 is 17.4. The molecule has 2 nitrogen and oxygen atoms in total. The summed E-state index contributed by atoms with van der Waals surface area (Å²) in [6.45, 7) is 0. The average Bonchev–Trinajstić information content (AvgIpc) is 2.02. The van der Waals surface area contributed by atoms with Crippen molar-refractivity contribution in [1.82, 2.24) is 9.97 Å². The molecule has 0 amide bonds. The molecule has 0 atom stereocenters. The predicted molar refractivity (Wildman–Crippen MR) is 54.6 cm³/mol. The van der Waals surface area contributed by atoms with Gasteiger partial charge in [-0.3, -0.25) is 0 Å². The molecule has 13 heavy (non-hydrogen) atoms. The Kier molecular flexibility index (Phi) is 2.28. The first-order chi connectivity index (χ1) is 6.18. The van der Waals surface area contributed by atoms with E-state index in [0.717, 1.165) is 0 Å². The molecular formula is C8H3Cl3N2. The van der Waals surface area contributed by atoms with Gasteiger partial charge < -0.3 is 0 Å². The maximum absolute atomic E-state index is 5.91. The monoisotopic (exact) mass is 232 g/mol. The molecule has 0 unspecified atom stereocenters. The lowest BCUT2D eigenvalue weighted by molar-refractivity contribution is 1.22. The third kappa shape index (κ3) is 1.57. The molecule has 0 fully saturated rings. The zero-order chi connectivity index (χ0) is 9.42. The quantitative estimate of drug-likeness (QED) is 0.513. The molecule has 5 heteroatoms. The molecule has 0 spiro atoms. The molecule has 0 saturated heterocycles. The summed E-state index contributed by atoms with van der Waals surface area (Å²) in [6, 6.07) is 5.29. The molecular weight excluding hydrogens is 230 g/mol. The number of halogens is 3. The minimum absolute atomic E-state index is 0.125. The van der Waals surface area contributed by atoms with E-state index in [-0.39, 0.29) is 10.4 Å². The summed E-state index contributed by atoms with van der Waals surface area (Å²) in [5.74, 6) is 0. The molecule has 1 heterocycles. The topological polar surface area (TPSA) is 25.8 Å². The standard InChI is InChI=1S/C8H3Cl3N2/c9-4-2-1-3-5-6(4)7(10)13-8(11)12-5/h1-3H. The van der Waals surface area contributed by atoms with Crippen LogP contribution in [0.15, 0.2) is 18.2 Å². The number of benzene rings is 1. The van der Waals surface area contributed by atoms with Crippen LogP contribution in [0.5, 0.6) is 0 Å². The van der Waals surface area contributed by atoms with Gasteiger partial charge in [0.1, 0.15) is 5.15 Å². The molecule has 0 aliphatic heterocycles. The Labute approximate surface area is 89.5 Å². The van der Waals surface area contributed by atoms with Gasteiger partial charge in [-0.15, -0.1) is 0 Å². The lowest BCUT2D eigenvalue weighted by Crippen LogP contribution is -1.86. The van der Waals surface area contributed by atoms with E-state index in [1.165, 1.54) is 0 Å². The van der Waals surface area contributed by atoms with Gasteiger partial charge in [-0.2, -0.15) is 0 Å². The smallest absolute Gasteiger partial charge is 0.218 e. The van der Waals surface area contributed by atoms with Crippen LogP contribution in [0, 0.1) is 0 Å². The SMILES string of the molecule is Clc1nc(Cl)c2c(Cl)cccc2n1. The lowest BCUT2D eigenvalue weighted by atomic mass is 10.2. The van der Waals surface area contributed by atoms with Crippen molar-refractivity contribution in [3.63, 3.8) is 0 Å². The Balaban J connectivity index is 2.94. The summed E-state index contributed by atoms with van der Waals surface area (Å²) in [5.41, 5.74) is 0.650. The van der Waals surface area contributed by atoms with Crippen LogP contribution in [-0.2, 0) is 0 Å². The second kappa shape index (κ2) is 3.29. The summed E-state index contributed by atoms with van der Waals surface area (Å²) in [7, 11) is 0. The predicted octanol–water partition coefficient (Wildman–Crippen LogP) is 3.59. The Morgan fingerprint density at radius 3 is 2.54 bits per heavy atom. The first-order valence-corrected chi connectivity index (χ1v) is 4.59. The summed E-state index contributed by atoms with van der Waals surface area (Å²) < 4.78 is 0. The molecule has 2 aromatic rings. The highest BCUT2D eigenvalue weighted by molar-refractivity contribution is 6.41. The van der Waals surface area contributed by atoms with E-state index in [1.54, 1.807) is 18.2 Å². The van der Waals surface area contributed by atoms with Crippen LogP contribution in [0.2, 0.25) is 15.5 Å². The number of rotatable bonds is 0. The Bertz CT molecular complexity index is 470. The first kappa shape index (κ1) is 9.00. The molecule has 0 N–H and O–H groups in total. The fourth-order valence-corrected chi connectivity index (χ4v) is 1.88. The number of aromatic nitrogens is 2. The van der Waals surface area contributed by atoms with Crippen LogP contribution in [0.3, 0.4) is 0 Å². The minimum Gasteiger partial charge on any atom is -0.218 e. The second-order valence-corrected chi connectivity index (χ2v) is 3.52. The fourth-order valence-electron chi connectivity index (χ4n) is 1.07. The molecule has 1 aromatic carbocycles. The van der Waals surface area contributed by atoms with Crippen molar-refractivity contribution < 1.29 is 0 Å². The normalized spacial score (nSPS) is 10.7. The third-order valence-electron chi connectivity index (χ3n) is 1.60. The van der Waals surface area contributed by atoms with E-state index in [0.29, 0.717) is 15.9 Å². The van der Waals surface area contributed by atoms with Gasteiger partial charge >= 0.3 is 0 Å². The van der Waals surface area contributed by atoms with Crippen molar-refractivity contribution in [1.29, 1.82) is 0 Å². The zero-order valence-corrected chi connectivity index (χ0v) is 8.53. The van der Waals surface area contributed by atoms with Crippen molar-refractivity contribution >= 4 is 45.7 Å². The summed E-state index contributed by atoms with van der Waals surface area (Å²) in [6.07, 6.45) is 0. The maximum atomic E-state index is 5.91. The number of hydrogen-bond acceptors (Lipinski definition) is 2. The maximum Gasteiger partial charge on any atom is 0.224 e. The van der Waals surface area contributed by atoms with Crippen molar-refractivity contribution in [2.24, 2.45) is 0 Å². The van der Waals surface area contributed by atoms with Crippen molar-refractivity contribution in [3.8, 4) is 0 Å². The van der Waals surface area contributed by atoms with Gasteiger partial charge in [-0.1, -0.05) is 29.3 Å².